The van der Waals surface area contributed by atoms with Crippen LogP contribution in [0.15, 0.2) is 28.8 Å². The Kier molecular flexibility index (Phi) is 5.43. The summed E-state index contributed by atoms with van der Waals surface area (Å²) in [6.07, 6.45) is 4.37. The third kappa shape index (κ3) is 4.22. The molecule has 3 rings (SSSR count). The van der Waals surface area contributed by atoms with E-state index < -0.39 is 11.9 Å². The normalized spacial score (nSPS) is 21.8. The Balaban J connectivity index is 1.59. The Morgan fingerprint density at radius 2 is 2.00 bits per heavy atom. The van der Waals surface area contributed by atoms with E-state index in [1.165, 1.54) is 12.1 Å². The second-order valence-electron chi connectivity index (χ2n) is 6.50. The maximum Gasteiger partial charge on any atom is 0.239 e. The molecule has 25 heavy (non-hydrogen) atoms. The topological polar surface area (TPSA) is 94.0 Å². The highest BCUT2D eigenvalue weighted by Gasteiger charge is 2.29. The van der Waals surface area contributed by atoms with Crippen LogP contribution >= 0.6 is 0 Å². The third-order valence-corrected chi connectivity index (χ3v) is 4.77. The summed E-state index contributed by atoms with van der Waals surface area (Å²) in [6.45, 7) is 1.99. The third-order valence-electron chi connectivity index (χ3n) is 4.77. The first-order valence-corrected chi connectivity index (χ1v) is 8.70. The molecule has 1 aliphatic carbocycles. The highest BCUT2D eigenvalue weighted by molar-refractivity contribution is 5.81. The minimum atomic E-state index is -0.614. The van der Waals surface area contributed by atoms with Gasteiger partial charge in [0.1, 0.15) is 11.9 Å². The summed E-state index contributed by atoms with van der Waals surface area (Å²) < 4.78 is 18.4. The van der Waals surface area contributed by atoms with Gasteiger partial charge in [-0.3, -0.25) is 10.1 Å². The largest absolute Gasteiger partial charge is 0.368 e. The summed E-state index contributed by atoms with van der Waals surface area (Å²) >= 11 is 0. The fourth-order valence-corrected chi connectivity index (χ4v) is 3.32. The van der Waals surface area contributed by atoms with Crippen LogP contribution in [-0.2, 0) is 11.2 Å². The average molecular weight is 346 g/mol. The van der Waals surface area contributed by atoms with E-state index in [2.05, 4.69) is 15.5 Å². The molecule has 1 amide bonds. The first-order chi connectivity index (χ1) is 12.1. The standard InChI is InChI=1S/C18H23FN4O2/c1-2-15-22-18(25-23-15)12-5-9-14(10-6-12)21-16(17(20)24)11-3-7-13(19)8-4-11/h3-4,7-8,12,14,16,21H,2,5-6,9-10H2,1H3,(H2,20,24)/t12?,14?,16-/m1/s1. The average Bonchev–Trinajstić information content (AvgIpc) is 3.10. The lowest BCUT2D eigenvalue weighted by molar-refractivity contribution is -0.120. The molecule has 1 aliphatic rings. The summed E-state index contributed by atoms with van der Waals surface area (Å²) in [5.41, 5.74) is 6.21. The van der Waals surface area contributed by atoms with E-state index >= 15 is 0 Å². The SMILES string of the molecule is CCc1noc(C2CCC(N[C@@H](C(N)=O)c3ccc(F)cc3)CC2)n1. The highest BCUT2D eigenvalue weighted by Crippen LogP contribution is 2.33. The quantitative estimate of drug-likeness (QED) is 0.838. The zero-order chi connectivity index (χ0) is 17.8. The number of hydrogen-bond donors (Lipinski definition) is 2. The molecule has 0 spiro atoms. The van der Waals surface area contributed by atoms with Gasteiger partial charge < -0.3 is 10.3 Å². The molecule has 1 atom stereocenters. The van der Waals surface area contributed by atoms with Crippen LogP contribution in [0.25, 0.3) is 0 Å². The second-order valence-corrected chi connectivity index (χ2v) is 6.50. The maximum atomic E-state index is 13.1. The molecule has 1 heterocycles. The van der Waals surface area contributed by atoms with Crippen molar-refractivity contribution in [1.82, 2.24) is 15.5 Å². The van der Waals surface area contributed by atoms with Gasteiger partial charge in [0.25, 0.3) is 0 Å². The summed E-state index contributed by atoms with van der Waals surface area (Å²) in [4.78, 5) is 16.2. The number of hydrogen-bond acceptors (Lipinski definition) is 5. The van der Waals surface area contributed by atoms with Gasteiger partial charge in [-0.1, -0.05) is 24.2 Å². The van der Waals surface area contributed by atoms with Gasteiger partial charge >= 0.3 is 0 Å². The van der Waals surface area contributed by atoms with Gasteiger partial charge in [0, 0.05) is 18.4 Å². The molecular formula is C18H23FN4O2. The van der Waals surface area contributed by atoms with E-state index in [4.69, 9.17) is 10.3 Å². The molecule has 0 unspecified atom stereocenters. The fourth-order valence-electron chi connectivity index (χ4n) is 3.32. The molecule has 0 bridgehead atoms. The minimum Gasteiger partial charge on any atom is -0.368 e. The fraction of sp³-hybridized carbons (Fsp3) is 0.500. The number of carbonyl (C=O) groups excluding carboxylic acids is 1. The van der Waals surface area contributed by atoms with E-state index in [9.17, 15) is 9.18 Å². The predicted octanol–water partition coefficient (Wildman–Crippen LogP) is 2.61. The van der Waals surface area contributed by atoms with Crippen LogP contribution in [-0.4, -0.2) is 22.1 Å². The number of primary amides is 1. The van der Waals surface area contributed by atoms with Crippen molar-refractivity contribution in [3.8, 4) is 0 Å². The number of nitrogens with zero attached hydrogens (tertiary/aromatic N) is 2. The summed E-state index contributed by atoms with van der Waals surface area (Å²) in [6, 6.07) is 5.42. The zero-order valence-electron chi connectivity index (χ0n) is 14.2. The number of aromatic nitrogens is 2. The number of nitrogens with two attached hydrogens (primary N) is 1. The van der Waals surface area contributed by atoms with Gasteiger partial charge in [-0.2, -0.15) is 4.98 Å². The van der Waals surface area contributed by atoms with Crippen LogP contribution in [0.1, 0.15) is 61.8 Å². The Morgan fingerprint density at radius 3 is 2.56 bits per heavy atom. The number of amides is 1. The van der Waals surface area contributed by atoms with Crippen molar-refractivity contribution >= 4 is 5.91 Å². The number of rotatable bonds is 6. The molecule has 1 saturated carbocycles. The first kappa shape index (κ1) is 17.5. The smallest absolute Gasteiger partial charge is 0.239 e. The van der Waals surface area contributed by atoms with Crippen LogP contribution in [0.3, 0.4) is 0 Å². The van der Waals surface area contributed by atoms with E-state index in [-0.39, 0.29) is 17.8 Å². The van der Waals surface area contributed by atoms with Crippen LogP contribution in [0.5, 0.6) is 0 Å². The van der Waals surface area contributed by atoms with Crippen LogP contribution in [0.2, 0.25) is 0 Å². The number of carbonyl (C=O) groups is 1. The Hall–Kier alpha value is -2.28. The number of aryl methyl sites for hydroxylation is 1. The molecule has 1 aromatic carbocycles. The van der Waals surface area contributed by atoms with Crippen molar-refractivity contribution in [3.05, 3.63) is 47.4 Å². The van der Waals surface area contributed by atoms with E-state index in [1.807, 2.05) is 6.92 Å². The van der Waals surface area contributed by atoms with Crippen molar-refractivity contribution in [3.63, 3.8) is 0 Å². The van der Waals surface area contributed by atoms with Gasteiger partial charge in [-0.05, 0) is 43.4 Å². The van der Waals surface area contributed by atoms with Gasteiger partial charge in [0.2, 0.25) is 11.8 Å². The van der Waals surface area contributed by atoms with Crippen LogP contribution < -0.4 is 11.1 Å². The van der Waals surface area contributed by atoms with Gasteiger partial charge in [0.05, 0.1) is 0 Å². The first-order valence-electron chi connectivity index (χ1n) is 8.70. The highest BCUT2D eigenvalue weighted by atomic mass is 19.1. The van der Waals surface area contributed by atoms with Crippen LogP contribution in [0.4, 0.5) is 4.39 Å². The summed E-state index contributed by atoms with van der Waals surface area (Å²) in [7, 11) is 0. The monoisotopic (exact) mass is 346 g/mol. The lowest BCUT2D eigenvalue weighted by Gasteiger charge is -2.30. The second kappa shape index (κ2) is 7.74. The molecule has 1 fully saturated rings. The Labute approximate surface area is 146 Å². The predicted molar refractivity (Wildman–Crippen MR) is 90.1 cm³/mol. The van der Waals surface area contributed by atoms with Gasteiger partial charge in [-0.25, -0.2) is 4.39 Å². The van der Waals surface area contributed by atoms with Crippen LogP contribution in [0, 0.1) is 5.82 Å². The Bertz CT molecular complexity index is 708. The van der Waals surface area contributed by atoms with Crippen molar-refractivity contribution in [2.75, 3.05) is 0 Å². The van der Waals surface area contributed by atoms with E-state index in [1.54, 1.807) is 12.1 Å². The molecule has 1 aromatic heterocycles. The van der Waals surface area contributed by atoms with Gasteiger partial charge in [0.15, 0.2) is 5.82 Å². The lowest BCUT2D eigenvalue weighted by atomic mass is 9.85. The molecule has 3 N–H and O–H groups in total. The number of nitrogens with one attached hydrogen (secondary N) is 1. The van der Waals surface area contributed by atoms with Crippen molar-refractivity contribution in [2.45, 2.75) is 57.0 Å². The molecule has 7 heteroatoms. The molecule has 2 aromatic rings. The molecule has 134 valence electrons. The molecule has 0 aliphatic heterocycles. The van der Waals surface area contributed by atoms with Gasteiger partial charge in [-0.15, -0.1) is 0 Å². The lowest BCUT2D eigenvalue weighted by Crippen LogP contribution is -2.41. The molecule has 0 radical (unpaired) electrons. The minimum absolute atomic E-state index is 0.173. The zero-order valence-corrected chi connectivity index (χ0v) is 14.2. The van der Waals surface area contributed by atoms with E-state index in [0.29, 0.717) is 11.5 Å². The Morgan fingerprint density at radius 1 is 1.32 bits per heavy atom. The molecule has 0 saturated heterocycles. The number of benzene rings is 1. The van der Waals surface area contributed by atoms with Crippen molar-refractivity contribution in [1.29, 1.82) is 0 Å². The van der Waals surface area contributed by atoms with Crippen molar-refractivity contribution < 1.29 is 13.7 Å². The maximum absolute atomic E-state index is 13.1. The summed E-state index contributed by atoms with van der Waals surface area (Å²) in [5, 5.41) is 7.27. The van der Waals surface area contributed by atoms with Crippen molar-refractivity contribution in [2.24, 2.45) is 5.73 Å². The summed E-state index contributed by atoms with van der Waals surface area (Å²) in [5.74, 6) is 0.918. The number of halogens is 1. The molecular weight excluding hydrogens is 323 g/mol. The van der Waals surface area contributed by atoms with E-state index in [0.717, 1.165) is 37.9 Å². The molecule has 6 nitrogen and oxygen atoms in total.